The topological polar surface area (TPSA) is 42.1 Å². The number of rotatable bonds is 7. The van der Waals surface area contributed by atoms with Crippen LogP contribution < -0.4 is 0 Å². The van der Waals surface area contributed by atoms with Crippen molar-refractivity contribution in [3.05, 3.63) is 88.3 Å². The van der Waals surface area contributed by atoms with E-state index in [1.165, 1.54) is 11.1 Å². The Balaban J connectivity index is 1.30. The molecule has 0 aliphatic carbocycles. The lowest BCUT2D eigenvalue weighted by Crippen LogP contribution is -2.46. The van der Waals surface area contributed by atoms with E-state index in [1.807, 2.05) is 23.1 Å². The molecule has 164 valence electrons. The summed E-state index contributed by atoms with van der Waals surface area (Å²) in [5, 5.41) is 7.04. The standard InChI is InChI=1S/C24H26N6S2/c31-24-29(18-20-5-2-1-3-6-20)23(22-7-4-16-32-22)26-30(24)19-28-14-12-27(13-15-28)17-21-8-10-25-11-9-21/h1-11,16H,12-15,17-19H2. The van der Waals surface area contributed by atoms with Crippen molar-refractivity contribution < 1.29 is 0 Å². The highest BCUT2D eigenvalue weighted by Gasteiger charge is 2.20. The van der Waals surface area contributed by atoms with Crippen LogP contribution in [0.5, 0.6) is 0 Å². The second kappa shape index (κ2) is 9.87. The Morgan fingerprint density at radius 2 is 1.53 bits per heavy atom. The second-order valence-corrected chi connectivity index (χ2v) is 9.36. The molecule has 0 bridgehead atoms. The highest BCUT2D eigenvalue weighted by atomic mass is 32.1. The molecule has 1 aromatic carbocycles. The molecule has 0 unspecified atom stereocenters. The molecular formula is C24H26N6S2. The fourth-order valence-corrected chi connectivity index (χ4v) is 5.02. The van der Waals surface area contributed by atoms with Gasteiger partial charge >= 0.3 is 0 Å². The van der Waals surface area contributed by atoms with Gasteiger partial charge in [-0.15, -0.1) is 16.4 Å². The summed E-state index contributed by atoms with van der Waals surface area (Å²) < 4.78 is 4.93. The number of piperazine rings is 1. The molecule has 8 heteroatoms. The van der Waals surface area contributed by atoms with Crippen LogP contribution in [0.15, 0.2) is 72.4 Å². The summed E-state index contributed by atoms with van der Waals surface area (Å²) in [4.78, 5) is 10.2. The average Bonchev–Trinajstić information content (AvgIpc) is 3.46. The molecular weight excluding hydrogens is 436 g/mol. The van der Waals surface area contributed by atoms with Crippen LogP contribution >= 0.6 is 23.6 Å². The first-order valence-electron chi connectivity index (χ1n) is 10.9. The molecule has 0 amide bonds. The molecule has 1 aliphatic rings. The van der Waals surface area contributed by atoms with Crippen LogP contribution in [0.4, 0.5) is 0 Å². The monoisotopic (exact) mass is 462 g/mol. The van der Waals surface area contributed by atoms with Crippen molar-refractivity contribution in [3.8, 4) is 10.7 Å². The Bertz CT molecular complexity index is 1180. The maximum absolute atomic E-state index is 5.89. The molecule has 1 saturated heterocycles. The summed E-state index contributed by atoms with van der Waals surface area (Å²) in [5.41, 5.74) is 2.54. The smallest absolute Gasteiger partial charge is 0.199 e. The minimum atomic E-state index is 0.724. The molecule has 6 nitrogen and oxygen atoms in total. The van der Waals surface area contributed by atoms with Crippen LogP contribution in [0.25, 0.3) is 10.7 Å². The quantitative estimate of drug-likeness (QED) is 0.382. The van der Waals surface area contributed by atoms with Crippen molar-refractivity contribution in [2.75, 3.05) is 26.2 Å². The normalized spacial score (nSPS) is 15.2. The largest absolute Gasteiger partial charge is 0.297 e. The lowest BCUT2D eigenvalue weighted by molar-refractivity contribution is 0.0980. The average molecular weight is 463 g/mol. The van der Waals surface area contributed by atoms with Crippen LogP contribution in [-0.2, 0) is 19.8 Å². The van der Waals surface area contributed by atoms with Crippen molar-refractivity contribution >= 4 is 23.6 Å². The van der Waals surface area contributed by atoms with Crippen LogP contribution in [0.2, 0.25) is 0 Å². The third-order valence-electron chi connectivity index (χ3n) is 5.80. The van der Waals surface area contributed by atoms with Gasteiger partial charge in [0.05, 0.1) is 18.1 Å². The van der Waals surface area contributed by atoms with E-state index in [-0.39, 0.29) is 0 Å². The summed E-state index contributed by atoms with van der Waals surface area (Å²) in [6.45, 7) is 6.52. The summed E-state index contributed by atoms with van der Waals surface area (Å²) in [6.07, 6.45) is 3.73. The molecule has 0 radical (unpaired) electrons. The maximum atomic E-state index is 5.89. The summed E-state index contributed by atoms with van der Waals surface area (Å²) in [6, 6.07) is 18.8. The lowest BCUT2D eigenvalue weighted by atomic mass is 10.2. The lowest BCUT2D eigenvalue weighted by Gasteiger charge is -2.34. The van der Waals surface area contributed by atoms with Gasteiger partial charge in [-0.2, -0.15) is 0 Å². The number of hydrogen-bond donors (Lipinski definition) is 0. The third kappa shape index (κ3) is 4.88. The van der Waals surface area contributed by atoms with Crippen molar-refractivity contribution in [2.24, 2.45) is 0 Å². The van der Waals surface area contributed by atoms with Crippen LogP contribution in [0.3, 0.4) is 0 Å². The van der Waals surface area contributed by atoms with E-state index in [9.17, 15) is 0 Å². The van der Waals surface area contributed by atoms with Crippen molar-refractivity contribution in [2.45, 2.75) is 19.8 Å². The molecule has 0 N–H and O–H groups in total. The molecule has 0 spiro atoms. The zero-order valence-electron chi connectivity index (χ0n) is 17.9. The molecule has 1 fully saturated rings. The molecule has 32 heavy (non-hydrogen) atoms. The van der Waals surface area contributed by atoms with Crippen molar-refractivity contribution in [3.63, 3.8) is 0 Å². The summed E-state index contributed by atoms with van der Waals surface area (Å²) in [5.74, 6) is 0.949. The van der Waals surface area contributed by atoms with Crippen LogP contribution in [0.1, 0.15) is 11.1 Å². The number of benzene rings is 1. The molecule has 0 atom stereocenters. The van der Waals surface area contributed by atoms with Crippen molar-refractivity contribution in [1.82, 2.24) is 29.1 Å². The fourth-order valence-electron chi connectivity index (χ4n) is 4.05. The van der Waals surface area contributed by atoms with Gasteiger partial charge in [-0.25, -0.2) is 4.68 Å². The third-order valence-corrected chi connectivity index (χ3v) is 7.10. The minimum absolute atomic E-state index is 0.724. The van der Waals surface area contributed by atoms with Gasteiger partial charge in [0.15, 0.2) is 10.6 Å². The predicted molar refractivity (Wildman–Crippen MR) is 131 cm³/mol. The van der Waals surface area contributed by atoms with Gasteiger partial charge in [-0.3, -0.25) is 19.4 Å². The van der Waals surface area contributed by atoms with Crippen LogP contribution in [0, 0.1) is 4.77 Å². The van der Waals surface area contributed by atoms with E-state index in [1.54, 1.807) is 11.3 Å². The number of aromatic nitrogens is 4. The Morgan fingerprint density at radius 3 is 2.25 bits per heavy atom. The molecule has 4 aromatic rings. The van der Waals surface area contributed by atoms with Gasteiger partial charge in [0.2, 0.25) is 0 Å². The Morgan fingerprint density at radius 1 is 0.812 bits per heavy atom. The van der Waals surface area contributed by atoms with E-state index in [2.05, 4.69) is 73.3 Å². The SMILES string of the molecule is S=c1n(CN2CCN(Cc3ccncc3)CC2)nc(-c2cccs2)n1Cc1ccccc1. The first-order valence-corrected chi connectivity index (χ1v) is 12.1. The minimum Gasteiger partial charge on any atom is -0.297 e. The van der Waals surface area contributed by atoms with E-state index < -0.39 is 0 Å². The summed E-state index contributed by atoms with van der Waals surface area (Å²) >= 11 is 7.59. The first kappa shape index (κ1) is 21.2. The van der Waals surface area contributed by atoms with Gasteiger partial charge < -0.3 is 0 Å². The van der Waals surface area contributed by atoms with E-state index >= 15 is 0 Å². The molecule has 3 aromatic heterocycles. The number of hydrogen-bond acceptors (Lipinski definition) is 6. The molecule has 1 aliphatic heterocycles. The second-order valence-electron chi connectivity index (χ2n) is 8.05. The molecule has 5 rings (SSSR count). The maximum Gasteiger partial charge on any atom is 0.199 e. The number of nitrogens with zero attached hydrogens (tertiary/aromatic N) is 6. The molecule has 4 heterocycles. The Kier molecular flexibility index (Phi) is 6.54. The number of pyridine rings is 1. The van der Waals surface area contributed by atoms with Gasteiger partial charge in [0.1, 0.15) is 0 Å². The zero-order chi connectivity index (χ0) is 21.8. The van der Waals surface area contributed by atoms with Gasteiger partial charge in [-0.05, 0) is 46.9 Å². The Hall–Kier alpha value is -2.65. The zero-order valence-corrected chi connectivity index (χ0v) is 19.5. The summed E-state index contributed by atoms with van der Waals surface area (Å²) in [7, 11) is 0. The van der Waals surface area contributed by atoms with Gasteiger partial charge in [0, 0.05) is 45.1 Å². The highest BCUT2D eigenvalue weighted by molar-refractivity contribution is 7.71. The van der Waals surface area contributed by atoms with E-state index in [0.717, 1.165) is 61.4 Å². The fraction of sp³-hybridized carbons (Fsp3) is 0.292. The first-order chi connectivity index (χ1) is 15.8. The number of thiophene rings is 1. The van der Waals surface area contributed by atoms with Crippen LogP contribution in [-0.4, -0.2) is 55.3 Å². The van der Waals surface area contributed by atoms with E-state index in [4.69, 9.17) is 17.3 Å². The predicted octanol–water partition coefficient (Wildman–Crippen LogP) is 4.36. The molecule has 0 saturated carbocycles. The van der Waals surface area contributed by atoms with Gasteiger partial charge in [-0.1, -0.05) is 36.4 Å². The Labute approximate surface area is 197 Å². The highest BCUT2D eigenvalue weighted by Crippen LogP contribution is 2.25. The van der Waals surface area contributed by atoms with Crippen molar-refractivity contribution in [1.29, 1.82) is 0 Å². The van der Waals surface area contributed by atoms with Gasteiger partial charge in [0.25, 0.3) is 0 Å². The van der Waals surface area contributed by atoms with E-state index in [0.29, 0.717) is 0 Å².